The van der Waals surface area contributed by atoms with Crippen molar-refractivity contribution in [1.82, 2.24) is 9.97 Å². The molecule has 0 bridgehead atoms. The van der Waals surface area contributed by atoms with Crippen molar-refractivity contribution >= 4 is 22.3 Å². The van der Waals surface area contributed by atoms with Crippen LogP contribution in [0.2, 0.25) is 0 Å². The molecule has 1 N–H and O–H groups in total. The van der Waals surface area contributed by atoms with Crippen LogP contribution in [-0.4, -0.2) is 17.1 Å². The molecule has 122 valence electrons. The first-order valence-corrected chi connectivity index (χ1v) is 8.04. The Morgan fingerprint density at radius 2 is 1.84 bits per heavy atom. The second-order valence-corrected chi connectivity index (χ2v) is 5.66. The van der Waals surface area contributed by atoms with E-state index in [1.807, 2.05) is 48.8 Å². The lowest BCUT2D eigenvalue weighted by Gasteiger charge is -2.12. The van der Waals surface area contributed by atoms with Crippen molar-refractivity contribution in [1.29, 1.82) is 0 Å². The van der Waals surface area contributed by atoms with E-state index in [2.05, 4.69) is 39.6 Å². The number of para-hydroxylation sites is 2. The third-order valence-electron chi connectivity index (χ3n) is 4.11. The summed E-state index contributed by atoms with van der Waals surface area (Å²) in [7, 11) is 1.66. The molecule has 0 atom stereocenters. The molecular weight excluding hydrogens is 310 g/mol. The van der Waals surface area contributed by atoms with Crippen molar-refractivity contribution in [2.24, 2.45) is 0 Å². The summed E-state index contributed by atoms with van der Waals surface area (Å²) in [5.74, 6) is 1.55. The largest absolute Gasteiger partial charge is 0.495 e. The van der Waals surface area contributed by atoms with Crippen LogP contribution in [0.3, 0.4) is 0 Å². The van der Waals surface area contributed by atoms with Gasteiger partial charge >= 0.3 is 0 Å². The molecule has 4 heteroatoms. The number of benzene rings is 2. The number of hydrogen-bond donors (Lipinski definition) is 1. The van der Waals surface area contributed by atoms with Gasteiger partial charge < -0.3 is 10.1 Å². The van der Waals surface area contributed by atoms with E-state index >= 15 is 0 Å². The van der Waals surface area contributed by atoms with Crippen molar-refractivity contribution in [3.05, 3.63) is 79.3 Å². The summed E-state index contributed by atoms with van der Waals surface area (Å²) in [5, 5.41) is 5.56. The van der Waals surface area contributed by atoms with E-state index in [-0.39, 0.29) is 0 Å². The lowest BCUT2D eigenvalue weighted by Crippen LogP contribution is -1.96. The molecule has 0 amide bonds. The molecule has 2 aromatic heterocycles. The quantitative estimate of drug-likeness (QED) is 0.570. The van der Waals surface area contributed by atoms with Crippen molar-refractivity contribution in [3.63, 3.8) is 0 Å². The molecular formula is C21H17N3O. The van der Waals surface area contributed by atoms with Crippen molar-refractivity contribution in [3.8, 4) is 16.9 Å². The average Bonchev–Trinajstić information content (AvgIpc) is 2.68. The third-order valence-corrected chi connectivity index (χ3v) is 4.11. The summed E-state index contributed by atoms with van der Waals surface area (Å²) in [4.78, 5) is 8.76. The maximum absolute atomic E-state index is 5.40. The lowest BCUT2D eigenvalue weighted by atomic mass is 10.0. The normalized spacial score (nSPS) is 10.6. The molecule has 4 aromatic rings. The minimum absolute atomic E-state index is 0.772. The summed E-state index contributed by atoms with van der Waals surface area (Å²) < 4.78 is 5.40. The van der Waals surface area contributed by atoms with Gasteiger partial charge in [0.1, 0.15) is 11.6 Å². The second kappa shape index (κ2) is 6.61. The van der Waals surface area contributed by atoms with Gasteiger partial charge in [-0.3, -0.25) is 4.98 Å². The molecule has 25 heavy (non-hydrogen) atoms. The number of nitrogens with zero attached hydrogens (tertiary/aromatic N) is 2. The SMILES string of the molecule is COc1ccccc1Nc1cc2c(-c3cccnc3)cccc2cn1. The summed E-state index contributed by atoms with van der Waals surface area (Å²) >= 11 is 0. The summed E-state index contributed by atoms with van der Waals surface area (Å²) in [6.07, 6.45) is 5.54. The molecule has 2 heterocycles. The number of methoxy groups -OCH3 is 1. The van der Waals surface area contributed by atoms with Crippen molar-refractivity contribution in [2.75, 3.05) is 12.4 Å². The van der Waals surface area contributed by atoms with Crippen LogP contribution < -0.4 is 10.1 Å². The number of aromatic nitrogens is 2. The molecule has 0 saturated carbocycles. The lowest BCUT2D eigenvalue weighted by molar-refractivity contribution is 0.417. The zero-order valence-corrected chi connectivity index (χ0v) is 13.8. The van der Waals surface area contributed by atoms with E-state index in [1.54, 1.807) is 13.3 Å². The predicted octanol–water partition coefficient (Wildman–Crippen LogP) is 5.05. The van der Waals surface area contributed by atoms with Crippen LogP contribution in [0.5, 0.6) is 5.75 Å². The molecule has 4 nitrogen and oxygen atoms in total. The Hall–Kier alpha value is -3.40. The zero-order valence-electron chi connectivity index (χ0n) is 13.8. The Balaban J connectivity index is 1.79. The minimum Gasteiger partial charge on any atom is -0.495 e. The highest BCUT2D eigenvalue weighted by Gasteiger charge is 2.07. The smallest absolute Gasteiger partial charge is 0.142 e. The molecule has 0 aliphatic heterocycles. The highest BCUT2D eigenvalue weighted by atomic mass is 16.5. The summed E-state index contributed by atoms with van der Waals surface area (Å²) in [6, 6.07) is 20.1. The summed E-state index contributed by atoms with van der Waals surface area (Å²) in [6.45, 7) is 0. The van der Waals surface area contributed by atoms with E-state index in [9.17, 15) is 0 Å². The first kappa shape index (κ1) is 15.1. The number of hydrogen-bond acceptors (Lipinski definition) is 4. The highest BCUT2D eigenvalue weighted by molar-refractivity contribution is 5.97. The van der Waals surface area contributed by atoms with Crippen LogP contribution in [-0.2, 0) is 0 Å². The van der Waals surface area contributed by atoms with E-state index < -0.39 is 0 Å². The molecule has 0 spiro atoms. The zero-order chi connectivity index (χ0) is 17.1. The van der Waals surface area contributed by atoms with E-state index in [1.165, 1.54) is 0 Å². The molecule has 0 aliphatic carbocycles. The maximum Gasteiger partial charge on any atom is 0.142 e. The van der Waals surface area contributed by atoms with Gasteiger partial charge in [0.15, 0.2) is 0 Å². The van der Waals surface area contributed by atoms with Gasteiger partial charge in [-0.25, -0.2) is 4.98 Å². The maximum atomic E-state index is 5.40. The third kappa shape index (κ3) is 3.02. The van der Waals surface area contributed by atoms with Gasteiger partial charge in [0.25, 0.3) is 0 Å². The standard InChI is InChI=1S/C21H17N3O/c1-25-20-10-3-2-9-19(20)24-21-12-18-16(14-23-21)6-4-8-17(18)15-7-5-11-22-13-15/h2-14H,1H3,(H,23,24). The fourth-order valence-corrected chi connectivity index (χ4v) is 2.90. The molecule has 0 saturated heterocycles. The number of anilines is 2. The number of fused-ring (bicyclic) bond motifs is 1. The van der Waals surface area contributed by atoms with Crippen LogP contribution in [0.4, 0.5) is 11.5 Å². The molecule has 2 aromatic carbocycles. The Labute approximate surface area is 146 Å². The molecule has 0 fully saturated rings. The molecule has 0 radical (unpaired) electrons. The highest BCUT2D eigenvalue weighted by Crippen LogP contribution is 2.31. The Kier molecular flexibility index (Phi) is 4.01. The van der Waals surface area contributed by atoms with Gasteiger partial charge in [0.2, 0.25) is 0 Å². The average molecular weight is 327 g/mol. The second-order valence-electron chi connectivity index (χ2n) is 5.66. The first-order chi connectivity index (χ1) is 12.3. The fraction of sp³-hybridized carbons (Fsp3) is 0.0476. The Morgan fingerprint density at radius 3 is 2.68 bits per heavy atom. The predicted molar refractivity (Wildman–Crippen MR) is 101 cm³/mol. The van der Waals surface area contributed by atoms with Gasteiger partial charge in [-0.05, 0) is 35.2 Å². The van der Waals surface area contributed by atoms with E-state index in [0.717, 1.165) is 39.2 Å². The number of rotatable bonds is 4. The Morgan fingerprint density at radius 1 is 0.920 bits per heavy atom. The fourth-order valence-electron chi connectivity index (χ4n) is 2.90. The van der Waals surface area contributed by atoms with Crippen LogP contribution in [0.1, 0.15) is 0 Å². The van der Waals surface area contributed by atoms with E-state index in [0.29, 0.717) is 0 Å². The van der Waals surface area contributed by atoms with Crippen molar-refractivity contribution in [2.45, 2.75) is 0 Å². The Bertz CT molecular complexity index is 1020. The van der Waals surface area contributed by atoms with Gasteiger partial charge in [-0.2, -0.15) is 0 Å². The van der Waals surface area contributed by atoms with Gasteiger partial charge in [-0.1, -0.05) is 36.4 Å². The molecule has 4 rings (SSSR count). The summed E-state index contributed by atoms with van der Waals surface area (Å²) in [5.41, 5.74) is 3.11. The van der Waals surface area contributed by atoms with Crippen molar-refractivity contribution < 1.29 is 4.74 Å². The first-order valence-electron chi connectivity index (χ1n) is 8.04. The molecule has 0 unspecified atom stereocenters. The topological polar surface area (TPSA) is 47.0 Å². The van der Waals surface area contributed by atoms with Crippen LogP contribution in [0, 0.1) is 0 Å². The van der Waals surface area contributed by atoms with Gasteiger partial charge in [-0.15, -0.1) is 0 Å². The van der Waals surface area contributed by atoms with Crippen LogP contribution >= 0.6 is 0 Å². The number of pyridine rings is 2. The van der Waals surface area contributed by atoms with Crippen LogP contribution in [0.25, 0.3) is 21.9 Å². The number of ether oxygens (including phenoxy) is 1. The van der Waals surface area contributed by atoms with Crippen LogP contribution in [0.15, 0.2) is 79.3 Å². The van der Waals surface area contributed by atoms with Gasteiger partial charge in [0, 0.05) is 29.5 Å². The number of nitrogens with one attached hydrogen (secondary N) is 1. The van der Waals surface area contributed by atoms with E-state index in [4.69, 9.17) is 4.74 Å². The minimum atomic E-state index is 0.772. The van der Waals surface area contributed by atoms with Gasteiger partial charge in [0.05, 0.1) is 12.8 Å². The monoisotopic (exact) mass is 327 g/mol. The molecule has 0 aliphatic rings.